The second-order valence-corrected chi connectivity index (χ2v) is 5.89. The van der Waals surface area contributed by atoms with E-state index in [1.165, 1.54) is 0 Å². The zero-order valence-corrected chi connectivity index (χ0v) is 14.4. The van der Waals surface area contributed by atoms with Gasteiger partial charge >= 0.3 is 0 Å². The molecule has 0 spiro atoms. The van der Waals surface area contributed by atoms with Gasteiger partial charge in [0.25, 0.3) is 11.8 Å². The van der Waals surface area contributed by atoms with Gasteiger partial charge in [0.15, 0.2) is 0 Å². The minimum atomic E-state index is -0.494. The maximum atomic E-state index is 12.3. The number of aryl methyl sites for hydroxylation is 2. The fourth-order valence-electron chi connectivity index (χ4n) is 2.27. The maximum absolute atomic E-state index is 12.3. The summed E-state index contributed by atoms with van der Waals surface area (Å²) >= 11 is 5.96. The van der Waals surface area contributed by atoms with Gasteiger partial charge < -0.3 is 0 Å². The Hall–Kier alpha value is -2.99. The van der Waals surface area contributed by atoms with Gasteiger partial charge in [-0.25, -0.2) is 9.97 Å². The lowest BCUT2D eigenvalue weighted by molar-refractivity contribution is 0.0847. The third-order valence-electron chi connectivity index (χ3n) is 3.75. The molecule has 2 aromatic carbocycles. The van der Waals surface area contributed by atoms with Crippen LogP contribution in [0, 0.1) is 13.8 Å². The maximum Gasteiger partial charge on any atom is 0.271 e. The predicted molar refractivity (Wildman–Crippen MR) is 95.4 cm³/mol. The molecule has 0 aliphatic heterocycles. The van der Waals surface area contributed by atoms with Crippen LogP contribution in [0.15, 0.2) is 42.5 Å². The number of hydrogen-bond donors (Lipinski definition) is 2. The van der Waals surface area contributed by atoms with Gasteiger partial charge in [-0.05, 0) is 44.2 Å². The van der Waals surface area contributed by atoms with Gasteiger partial charge in [-0.2, -0.15) is 0 Å². The van der Waals surface area contributed by atoms with Crippen molar-refractivity contribution in [1.29, 1.82) is 0 Å². The van der Waals surface area contributed by atoms with E-state index < -0.39 is 11.8 Å². The van der Waals surface area contributed by atoms with Crippen molar-refractivity contribution in [3.8, 4) is 0 Å². The Morgan fingerprint density at radius 3 is 2.24 bits per heavy atom. The minimum Gasteiger partial charge on any atom is -0.267 e. The summed E-state index contributed by atoms with van der Waals surface area (Å²) in [4.78, 5) is 33.2. The molecule has 7 heteroatoms. The van der Waals surface area contributed by atoms with Crippen LogP contribution >= 0.6 is 11.6 Å². The third-order valence-corrected chi connectivity index (χ3v) is 4.08. The number of benzene rings is 2. The lowest BCUT2D eigenvalue weighted by Crippen LogP contribution is -2.41. The van der Waals surface area contributed by atoms with Gasteiger partial charge in [-0.1, -0.05) is 23.7 Å². The van der Waals surface area contributed by atoms with E-state index in [0.29, 0.717) is 21.6 Å². The number of carbonyl (C=O) groups is 2. The highest BCUT2D eigenvalue weighted by atomic mass is 35.5. The van der Waals surface area contributed by atoms with Crippen LogP contribution in [0.2, 0.25) is 5.02 Å². The molecule has 3 rings (SSSR count). The number of rotatable bonds is 2. The van der Waals surface area contributed by atoms with E-state index in [-0.39, 0.29) is 5.56 Å². The summed E-state index contributed by atoms with van der Waals surface area (Å²) in [6.45, 7) is 3.74. The number of aromatic nitrogens is 2. The van der Waals surface area contributed by atoms with Gasteiger partial charge in [0.1, 0.15) is 0 Å². The Balaban J connectivity index is 1.75. The van der Waals surface area contributed by atoms with E-state index >= 15 is 0 Å². The van der Waals surface area contributed by atoms with Crippen LogP contribution in [0.25, 0.3) is 11.0 Å². The second kappa shape index (κ2) is 6.86. The van der Waals surface area contributed by atoms with Crippen molar-refractivity contribution in [3.63, 3.8) is 0 Å². The van der Waals surface area contributed by atoms with Crippen LogP contribution in [0.4, 0.5) is 0 Å². The average Bonchev–Trinajstić information content (AvgIpc) is 2.60. The lowest BCUT2D eigenvalue weighted by Gasteiger charge is -2.09. The predicted octanol–water partition coefficient (Wildman–Crippen LogP) is 2.97. The van der Waals surface area contributed by atoms with E-state index in [0.717, 1.165) is 11.4 Å². The molecule has 1 aromatic heterocycles. The molecule has 0 atom stereocenters. The average molecular weight is 355 g/mol. The van der Waals surface area contributed by atoms with E-state index in [2.05, 4.69) is 20.8 Å². The SMILES string of the molecule is Cc1nc2ccc(C(=O)NNC(=O)c3ccccc3Cl)cc2nc1C. The molecule has 0 fully saturated rings. The molecule has 126 valence electrons. The van der Waals surface area contributed by atoms with Gasteiger partial charge in [-0.3, -0.25) is 20.4 Å². The second-order valence-electron chi connectivity index (χ2n) is 5.49. The van der Waals surface area contributed by atoms with Crippen LogP contribution in [0.3, 0.4) is 0 Å². The molecule has 25 heavy (non-hydrogen) atoms. The van der Waals surface area contributed by atoms with Crippen molar-refractivity contribution in [1.82, 2.24) is 20.8 Å². The molecule has 2 amide bonds. The highest BCUT2D eigenvalue weighted by molar-refractivity contribution is 6.33. The highest BCUT2D eigenvalue weighted by Gasteiger charge is 2.12. The summed E-state index contributed by atoms with van der Waals surface area (Å²) in [6.07, 6.45) is 0. The van der Waals surface area contributed by atoms with Crippen molar-refractivity contribution in [2.24, 2.45) is 0 Å². The van der Waals surface area contributed by atoms with Crippen molar-refractivity contribution in [3.05, 3.63) is 70.0 Å². The smallest absolute Gasteiger partial charge is 0.267 e. The first-order chi connectivity index (χ1) is 12.0. The van der Waals surface area contributed by atoms with Crippen molar-refractivity contribution in [2.75, 3.05) is 0 Å². The molecule has 1 heterocycles. The largest absolute Gasteiger partial charge is 0.271 e. The fourth-order valence-corrected chi connectivity index (χ4v) is 2.49. The molecule has 0 aliphatic rings. The Kier molecular flexibility index (Phi) is 4.63. The molecule has 2 N–H and O–H groups in total. The summed E-state index contributed by atoms with van der Waals surface area (Å²) in [7, 11) is 0. The summed E-state index contributed by atoms with van der Waals surface area (Å²) in [6, 6.07) is 11.6. The monoisotopic (exact) mass is 354 g/mol. The van der Waals surface area contributed by atoms with Gasteiger partial charge in [0, 0.05) is 5.56 Å². The third kappa shape index (κ3) is 3.59. The Labute approximate surface area is 149 Å². The van der Waals surface area contributed by atoms with E-state index in [1.54, 1.807) is 42.5 Å². The molecule has 0 bridgehead atoms. The first-order valence-electron chi connectivity index (χ1n) is 7.56. The number of amides is 2. The number of hydrazine groups is 1. The zero-order valence-electron chi connectivity index (χ0n) is 13.6. The van der Waals surface area contributed by atoms with Gasteiger partial charge in [0.05, 0.1) is 33.0 Å². The van der Waals surface area contributed by atoms with Crippen LogP contribution in [-0.2, 0) is 0 Å². The summed E-state index contributed by atoms with van der Waals surface area (Å²) < 4.78 is 0. The van der Waals surface area contributed by atoms with Gasteiger partial charge in [-0.15, -0.1) is 0 Å². The van der Waals surface area contributed by atoms with Crippen LogP contribution in [-0.4, -0.2) is 21.8 Å². The number of nitrogens with zero attached hydrogens (tertiary/aromatic N) is 2. The molecule has 0 radical (unpaired) electrons. The fraction of sp³-hybridized carbons (Fsp3) is 0.111. The number of carbonyl (C=O) groups excluding carboxylic acids is 2. The molecule has 3 aromatic rings. The molecule has 6 nitrogen and oxygen atoms in total. The highest BCUT2D eigenvalue weighted by Crippen LogP contribution is 2.15. The summed E-state index contributed by atoms with van der Waals surface area (Å²) in [5.41, 5.74) is 8.33. The Morgan fingerprint density at radius 2 is 1.52 bits per heavy atom. The van der Waals surface area contributed by atoms with Crippen LogP contribution in [0.1, 0.15) is 32.1 Å². The van der Waals surface area contributed by atoms with Crippen LogP contribution < -0.4 is 10.9 Å². The van der Waals surface area contributed by atoms with Gasteiger partial charge in [0.2, 0.25) is 0 Å². The number of nitrogens with one attached hydrogen (secondary N) is 2. The minimum absolute atomic E-state index is 0.278. The number of fused-ring (bicyclic) bond motifs is 1. The van der Waals surface area contributed by atoms with Crippen molar-refractivity contribution < 1.29 is 9.59 Å². The summed E-state index contributed by atoms with van der Waals surface area (Å²) in [5.74, 6) is -0.951. The number of hydrogen-bond acceptors (Lipinski definition) is 4. The van der Waals surface area contributed by atoms with Crippen molar-refractivity contribution >= 4 is 34.4 Å². The molecule has 0 unspecified atom stereocenters. The van der Waals surface area contributed by atoms with E-state index in [1.807, 2.05) is 13.8 Å². The first-order valence-corrected chi connectivity index (χ1v) is 7.94. The van der Waals surface area contributed by atoms with Crippen LogP contribution in [0.5, 0.6) is 0 Å². The molecule has 0 saturated heterocycles. The Morgan fingerprint density at radius 1 is 0.880 bits per heavy atom. The molecular weight excluding hydrogens is 340 g/mol. The molecular formula is C18H15ClN4O2. The summed E-state index contributed by atoms with van der Waals surface area (Å²) in [5, 5.41) is 0.307. The molecule has 0 saturated carbocycles. The molecule has 0 aliphatic carbocycles. The Bertz CT molecular complexity index is 988. The van der Waals surface area contributed by atoms with Crippen molar-refractivity contribution in [2.45, 2.75) is 13.8 Å². The normalized spacial score (nSPS) is 10.5. The topological polar surface area (TPSA) is 84.0 Å². The number of halogens is 1. The zero-order chi connectivity index (χ0) is 18.0. The van der Waals surface area contributed by atoms with E-state index in [9.17, 15) is 9.59 Å². The van der Waals surface area contributed by atoms with E-state index in [4.69, 9.17) is 11.6 Å². The lowest BCUT2D eigenvalue weighted by atomic mass is 10.1. The quantitative estimate of drug-likeness (QED) is 0.693. The standard InChI is InChI=1S/C18H15ClN4O2/c1-10-11(2)21-16-9-12(7-8-15(16)20-10)17(24)22-23-18(25)13-5-3-4-6-14(13)19/h3-9H,1-2H3,(H,22,24)(H,23,25). The first kappa shape index (κ1) is 16.9.